The zero-order valence-corrected chi connectivity index (χ0v) is 11.0. The van der Waals surface area contributed by atoms with Gasteiger partial charge in [0.25, 0.3) is 0 Å². The van der Waals surface area contributed by atoms with Gasteiger partial charge >= 0.3 is 6.03 Å². The molecule has 0 radical (unpaired) electrons. The second kappa shape index (κ2) is 5.49. The van der Waals surface area contributed by atoms with Crippen molar-refractivity contribution in [1.29, 1.82) is 0 Å². The summed E-state index contributed by atoms with van der Waals surface area (Å²) in [5.41, 5.74) is 0.599. The summed E-state index contributed by atoms with van der Waals surface area (Å²) in [5.74, 6) is -0.326. The average Bonchev–Trinajstić information content (AvgIpc) is 2.34. The Kier molecular flexibility index (Phi) is 3.99. The predicted octanol–water partition coefficient (Wildman–Crippen LogP) is 3.61. The lowest BCUT2D eigenvalue weighted by Gasteiger charge is -2.27. The second-order valence-corrected chi connectivity index (χ2v) is 4.96. The first-order valence-corrected chi connectivity index (χ1v) is 6.47. The molecule has 1 fully saturated rings. The number of amides is 2. The number of halogens is 2. The Morgan fingerprint density at radius 1 is 1.29 bits per heavy atom. The van der Waals surface area contributed by atoms with E-state index < -0.39 is 0 Å². The number of nitrogens with one attached hydrogen (secondary N) is 1. The van der Waals surface area contributed by atoms with Crippen LogP contribution in [0.25, 0.3) is 0 Å². The molecule has 92 valence electrons. The summed E-state index contributed by atoms with van der Waals surface area (Å²) in [5, 5.41) is 2.78. The van der Waals surface area contributed by atoms with E-state index in [0.29, 0.717) is 10.2 Å². The van der Waals surface area contributed by atoms with E-state index in [1.54, 1.807) is 11.0 Å². The van der Waals surface area contributed by atoms with Crippen LogP contribution in [0.4, 0.5) is 14.9 Å². The molecule has 17 heavy (non-hydrogen) atoms. The normalized spacial score (nSPS) is 15.8. The van der Waals surface area contributed by atoms with Gasteiger partial charge in [0.05, 0.1) is 5.69 Å². The monoisotopic (exact) mass is 300 g/mol. The molecular formula is C12H14BrFN2O. The number of urea groups is 1. The molecule has 5 heteroatoms. The number of anilines is 1. The lowest BCUT2D eigenvalue weighted by atomic mass is 10.1. The Hall–Kier alpha value is -1.10. The van der Waals surface area contributed by atoms with Gasteiger partial charge in [0.2, 0.25) is 0 Å². The number of carbonyl (C=O) groups is 1. The highest BCUT2D eigenvalue weighted by atomic mass is 79.9. The second-order valence-electron chi connectivity index (χ2n) is 4.10. The van der Waals surface area contributed by atoms with E-state index in [1.165, 1.54) is 18.6 Å². The zero-order valence-electron chi connectivity index (χ0n) is 9.38. The third kappa shape index (κ3) is 3.19. The smallest absolute Gasteiger partial charge is 0.321 e. The number of likely N-dealkylation sites (tertiary alicyclic amines) is 1. The molecule has 1 heterocycles. The van der Waals surface area contributed by atoms with Gasteiger partial charge in [-0.3, -0.25) is 0 Å². The van der Waals surface area contributed by atoms with Crippen LogP contribution in [0, 0.1) is 5.82 Å². The molecule has 0 aromatic heterocycles. The minimum atomic E-state index is -0.326. The lowest BCUT2D eigenvalue weighted by Crippen LogP contribution is -2.38. The van der Waals surface area contributed by atoms with Crippen LogP contribution in [0.15, 0.2) is 22.7 Å². The number of piperidine rings is 1. The maximum atomic E-state index is 12.9. The highest BCUT2D eigenvalue weighted by Crippen LogP contribution is 2.23. The largest absolute Gasteiger partial charge is 0.325 e. The van der Waals surface area contributed by atoms with Crippen LogP contribution in [-0.2, 0) is 0 Å². The molecule has 0 saturated carbocycles. The number of hydrogen-bond donors (Lipinski definition) is 1. The van der Waals surface area contributed by atoms with E-state index in [9.17, 15) is 9.18 Å². The molecule has 1 N–H and O–H groups in total. The molecule has 0 aliphatic carbocycles. The Bertz CT molecular complexity index is 419. The fraction of sp³-hybridized carbons (Fsp3) is 0.417. The molecule has 2 rings (SSSR count). The molecule has 0 unspecified atom stereocenters. The molecule has 1 aliphatic rings. The molecule has 1 saturated heterocycles. The van der Waals surface area contributed by atoms with Gasteiger partial charge in [-0.2, -0.15) is 0 Å². The minimum Gasteiger partial charge on any atom is -0.325 e. The average molecular weight is 301 g/mol. The Morgan fingerprint density at radius 2 is 2.00 bits per heavy atom. The minimum absolute atomic E-state index is 0.114. The van der Waals surface area contributed by atoms with Gasteiger partial charge in [0.1, 0.15) is 5.82 Å². The molecule has 0 atom stereocenters. The molecule has 1 aromatic rings. The molecule has 2 amide bonds. The van der Waals surface area contributed by atoms with Gasteiger partial charge in [0, 0.05) is 17.6 Å². The van der Waals surface area contributed by atoms with E-state index in [-0.39, 0.29) is 11.8 Å². The first-order valence-electron chi connectivity index (χ1n) is 5.68. The highest BCUT2D eigenvalue weighted by Gasteiger charge is 2.17. The lowest BCUT2D eigenvalue weighted by molar-refractivity contribution is 0.200. The van der Waals surface area contributed by atoms with Gasteiger partial charge in [-0.15, -0.1) is 0 Å². The van der Waals surface area contributed by atoms with Gasteiger partial charge in [-0.05, 0) is 53.4 Å². The van der Waals surface area contributed by atoms with Crippen molar-refractivity contribution in [3.63, 3.8) is 0 Å². The third-order valence-electron chi connectivity index (χ3n) is 2.82. The van der Waals surface area contributed by atoms with Crippen molar-refractivity contribution in [2.24, 2.45) is 0 Å². The van der Waals surface area contributed by atoms with Crippen molar-refractivity contribution in [2.45, 2.75) is 19.3 Å². The van der Waals surface area contributed by atoms with Crippen molar-refractivity contribution < 1.29 is 9.18 Å². The van der Waals surface area contributed by atoms with Crippen molar-refractivity contribution in [3.05, 3.63) is 28.5 Å². The van der Waals surface area contributed by atoms with Gasteiger partial charge in [-0.1, -0.05) is 0 Å². The Labute approximate surface area is 108 Å². The molecule has 1 aliphatic heterocycles. The number of hydrogen-bond acceptors (Lipinski definition) is 1. The standard InChI is InChI=1S/C12H14BrFN2O/c13-10-8-9(14)4-5-11(10)15-12(17)16-6-2-1-3-7-16/h4-5,8H,1-3,6-7H2,(H,15,17). The molecular weight excluding hydrogens is 287 g/mol. The van der Waals surface area contributed by atoms with Crippen LogP contribution in [0.3, 0.4) is 0 Å². The van der Waals surface area contributed by atoms with E-state index in [0.717, 1.165) is 25.9 Å². The van der Waals surface area contributed by atoms with Crippen molar-refractivity contribution >= 4 is 27.6 Å². The number of nitrogens with zero attached hydrogens (tertiary/aromatic N) is 1. The Morgan fingerprint density at radius 3 is 2.65 bits per heavy atom. The maximum Gasteiger partial charge on any atom is 0.321 e. The fourth-order valence-electron chi connectivity index (χ4n) is 1.88. The van der Waals surface area contributed by atoms with Crippen molar-refractivity contribution in [2.75, 3.05) is 18.4 Å². The number of carbonyl (C=O) groups excluding carboxylic acids is 1. The van der Waals surface area contributed by atoms with E-state index in [2.05, 4.69) is 21.2 Å². The number of rotatable bonds is 1. The third-order valence-corrected chi connectivity index (χ3v) is 3.47. The van der Waals surface area contributed by atoms with E-state index >= 15 is 0 Å². The quantitative estimate of drug-likeness (QED) is 0.844. The molecule has 1 aromatic carbocycles. The summed E-state index contributed by atoms with van der Waals surface area (Å²) >= 11 is 3.23. The highest BCUT2D eigenvalue weighted by molar-refractivity contribution is 9.10. The van der Waals surface area contributed by atoms with E-state index in [1.807, 2.05) is 0 Å². The van der Waals surface area contributed by atoms with Gasteiger partial charge < -0.3 is 10.2 Å². The first kappa shape index (κ1) is 12.4. The van der Waals surface area contributed by atoms with Crippen LogP contribution in [0.2, 0.25) is 0 Å². The first-order chi connectivity index (χ1) is 8.16. The summed E-state index contributed by atoms with van der Waals surface area (Å²) < 4.78 is 13.4. The van der Waals surface area contributed by atoms with Crippen LogP contribution in [0.1, 0.15) is 19.3 Å². The van der Waals surface area contributed by atoms with Crippen molar-refractivity contribution in [3.8, 4) is 0 Å². The van der Waals surface area contributed by atoms with Crippen LogP contribution < -0.4 is 5.32 Å². The fourth-order valence-corrected chi connectivity index (χ4v) is 2.33. The summed E-state index contributed by atoms with van der Waals surface area (Å²) in [7, 11) is 0. The molecule has 3 nitrogen and oxygen atoms in total. The molecule has 0 bridgehead atoms. The van der Waals surface area contributed by atoms with Crippen LogP contribution in [-0.4, -0.2) is 24.0 Å². The number of benzene rings is 1. The summed E-state index contributed by atoms with van der Waals surface area (Å²) in [6.45, 7) is 1.59. The summed E-state index contributed by atoms with van der Waals surface area (Å²) in [6.07, 6.45) is 3.29. The SMILES string of the molecule is O=C(Nc1ccc(F)cc1Br)N1CCCCC1. The van der Waals surface area contributed by atoms with Gasteiger partial charge in [-0.25, -0.2) is 9.18 Å². The van der Waals surface area contributed by atoms with E-state index in [4.69, 9.17) is 0 Å². The zero-order chi connectivity index (χ0) is 12.3. The Balaban J connectivity index is 2.02. The molecule has 0 spiro atoms. The maximum absolute atomic E-state index is 12.9. The van der Waals surface area contributed by atoms with Crippen LogP contribution in [0.5, 0.6) is 0 Å². The summed E-state index contributed by atoms with van der Waals surface area (Å²) in [6, 6.07) is 4.11. The van der Waals surface area contributed by atoms with Crippen LogP contribution >= 0.6 is 15.9 Å². The van der Waals surface area contributed by atoms with Crippen molar-refractivity contribution in [1.82, 2.24) is 4.90 Å². The predicted molar refractivity (Wildman–Crippen MR) is 68.5 cm³/mol. The van der Waals surface area contributed by atoms with Gasteiger partial charge in [0.15, 0.2) is 0 Å². The topological polar surface area (TPSA) is 32.3 Å². The summed E-state index contributed by atoms with van der Waals surface area (Å²) in [4.78, 5) is 13.7.